The molecule has 0 saturated carbocycles. The Kier molecular flexibility index (Phi) is 5.22. The van der Waals surface area contributed by atoms with Gasteiger partial charge in [-0.05, 0) is 12.1 Å². The molecule has 4 atom stereocenters. The van der Waals surface area contributed by atoms with Gasteiger partial charge >= 0.3 is 0 Å². The third kappa shape index (κ3) is 2.97. The molecule has 0 amide bonds. The maximum Gasteiger partial charge on any atom is 0.172 e. The van der Waals surface area contributed by atoms with Crippen LogP contribution in [0.15, 0.2) is 17.3 Å². The molecular formula is C14H13Cl2N3O4S. The number of nitrogens with zero attached hydrogens (tertiary/aromatic N) is 3. The average molecular weight is 390 g/mol. The van der Waals surface area contributed by atoms with E-state index in [0.717, 1.165) is 11.8 Å². The van der Waals surface area contributed by atoms with E-state index in [9.17, 15) is 15.3 Å². The Balaban J connectivity index is 2.14. The van der Waals surface area contributed by atoms with E-state index in [1.54, 1.807) is 16.7 Å². The topological polar surface area (TPSA) is 112 Å². The van der Waals surface area contributed by atoms with Crippen molar-refractivity contribution in [2.45, 2.75) is 29.7 Å². The predicted molar refractivity (Wildman–Crippen MR) is 89.1 cm³/mol. The van der Waals surface area contributed by atoms with Crippen molar-refractivity contribution in [2.75, 3.05) is 12.4 Å². The second-order valence-corrected chi connectivity index (χ2v) is 6.95. The second-order valence-electron chi connectivity index (χ2n) is 5.20. The summed E-state index contributed by atoms with van der Waals surface area (Å²) in [4.78, 5) is 4.40. The maximum absolute atomic E-state index is 10.3. The number of rotatable bonds is 4. The lowest BCUT2D eigenvalue weighted by atomic mass is 10.1. The van der Waals surface area contributed by atoms with Crippen LogP contribution < -0.4 is 0 Å². The molecule has 2 heterocycles. The van der Waals surface area contributed by atoms with Gasteiger partial charge in [-0.3, -0.25) is 4.57 Å². The van der Waals surface area contributed by atoms with Gasteiger partial charge in [0.05, 0.1) is 39.5 Å². The molecule has 2 aromatic rings. The van der Waals surface area contributed by atoms with Gasteiger partial charge in [-0.2, -0.15) is 5.26 Å². The largest absolute Gasteiger partial charge is 0.394 e. The van der Waals surface area contributed by atoms with Crippen LogP contribution in [0.3, 0.4) is 0 Å². The number of aliphatic hydroxyl groups excluding tert-OH is 3. The van der Waals surface area contributed by atoms with Crippen molar-refractivity contribution in [1.29, 1.82) is 5.26 Å². The van der Waals surface area contributed by atoms with Crippen molar-refractivity contribution >= 4 is 46.0 Å². The third-order valence-corrected chi connectivity index (χ3v) is 5.28. The molecule has 1 aromatic carbocycles. The first-order valence-electron chi connectivity index (χ1n) is 6.97. The molecular weight excluding hydrogens is 377 g/mol. The lowest BCUT2D eigenvalue weighted by Crippen LogP contribution is -2.33. The summed E-state index contributed by atoms with van der Waals surface area (Å²) in [6.07, 6.45) is -4.40. The van der Waals surface area contributed by atoms with E-state index in [0.29, 0.717) is 26.2 Å². The minimum Gasteiger partial charge on any atom is -0.394 e. The molecule has 0 bridgehead atoms. The highest BCUT2D eigenvalue weighted by atomic mass is 35.5. The SMILES string of the molecule is N#CCSc1nc2cc(Cl)c(Cl)cc2n1[C@@H]1O[C@H](CO)[C@@H](O)[C@H]1O. The summed E-state index contributed by atoms with van der Waals surface area (Å²) in [5.41, 5.74) is 1.06. The molecule has 0 spiro atoms. The highest BCUT2D eigenvalue weighted by Gasteiger charge is 2.44. The van der Waals surface area contributed by atoms with Gasteiger partial charge in [-0.25, -0.2) is 4.98 Å². The standard InChI is InChI=1S/C14H13Cl2N3O4S/c15-6-3-8-9(4-7(6)16)19(14(18-8)24-2-1-17)13-12(22)11(21)10(5-20)23-13/h3-4,10-13,20-22H,2,5H2/t10-,11-,12-,13-/m1/s1. The summed E-state index contributed by atoms with van der Waals surface area (Å²) in [7, 11) is 0. The second kappa shape index (κ2) is 7.06. The number of aliphatic hydroxyl groups is 3. The number of hydrogen-bond acceptors (Lipinski definition) is 7. The first kappa shape index (κ1) is 17.8. The van der Waals surface area contributed by atoms with E-state index in [-0.39, 0.29) is 5.75 Å². The molecule has 1 saturated heterocycles. The number of imidazole rings is 1. The smallest absolute Gasteiger partial charge is 0.172 e. The quantitative estimate of drug-likeness (QED) is 0.680. The summed E-state index contributed by atoms with van der Waals surface area (Å²) < 4.78 is 7.14. The van der Waals surface area contributed by atoms with Crippen LogP contribution in [0.1, 0.15) is 6.23 Å². The van der Waals surface area contributed by atoms with Crippen LogP contribution in [0.25, 0.3) is 11.0 Å². The summed E-state index contributed by atoms with van der Waals surface area (Å²) >= 11 is 13.2. The van der Waals surface area contributed by atoms with Crippen molar-refractivity contribution in [2.24, 2.45) is 0 Å². The Bertz CT molecular complexity index is 809. The van der Waals surface area contributed by atoms with Crippen molar-refractivity contribution in [1.82, 2.24) is 9.55 Å². The Morgan fingerprint density at radius 2 is 2.00 bits per heavy atom. The molecule has 1 aromatic heterocycles. The first-order chi connectivity index (χ1) is 11.5. The van der Waals surface area contributed by atoms with E-state index in [2.05, 4.69) is 4.98 Å². The van der Waals surface area contributed by atoms with Crippen LogP contribution in [0.4, 0.5) is 0 Å². The van der Waals surface area contributed by atoms with E-state index >= 15 is 0 Å². The molecule has 24 heavy (non-hydrogen) atoms. The molecule has 1 aliphatic heterocycles. The van der Waals surface area contributed by atoms with Crippen LogP contribution in [0.2, 0.25) is 10.0 Å². The number of thioether (sulfide) groups is 1. The molecule has 7 nitrogen and oxygen atoms in total. The Morgan fingerprint density at radius 3 is 2.62 bits per heavy atom. The van der Waals surface area contributed by atoms with Crippen molar-refractivity contribution in [3.05, 3.63) is 22.2 Å². The van der Waals surface area contributed by atoms with Gasteiger partial charge in [-0.15, -0.1) is 0 Å². The van der Waals surface area contributed by atoms with Crippen LogP contribution in [0, 0.1) is 11.3 Å². The number of ether oxygens (including phenoxy) is 1. The van der Waals surface area contributed by atoms with Crippen molar-refractivity contribution in [3.63, 3.8) is 0 Å². The fraction of sp³-hybridized carbons (Fsp3) is 0.429. The molecule has 0 radical (unpaired) electrons. The summed E-state index contributed by atoms with van der Waals surface area (Å²) in [6.45, 7) is -0.436. The van der Waals surface area contributed by atoms with Crippen molar-refractivity contribution in [3.8, 4) is 6.07 Å². The number of nitriles is 1. The number of fused-ring (bicyclic) bond motifs is 1. The number of halogens is 2. The molecule has 1 fully saturated rings. The van der Waals surface area contributed by atoms with Gasteiger partial charge < -0.3 is 20.1 Å². The van der Waals surface area contributed by atoms with Gasteiger partial charge in [-0.1, -0.05) is 35.0 Å². The monoisotopic (exact) mass is 389 g/mol. The zero-order valence-corrected chi connectivity index (χ0v) is 14.5. The highest BCUT2D eigenvalue weighted by molar-refractivity contribution is 7.99. The Morgan fingerprint density at radius 1 is 1.29 bits per heavy atom. The van der Waals surface area contributed by atoms with Gasteiger partial charge in [0.2, 0.25) is 0 Å². The zero-order valence-electron chi connectivity index (χ0n) is 12.1. The molecule has 0 unspecified atom stereocenters. The first-order valence-corrected chi connectivity index (χ1v) is 8.71. The number of hydrogen-bond donors (Lipinski definition) is 3. The van der Waals surface area contributed by atoms with Gasteiger partial charge in [0.1, 0.15) is 18.3 Å². The fourth-order valence-corrected chi connectivity index (χ4v) is 3.62. The maximum atomic E-state index is 10.3. The third-order valence-electron chi connectivity index (χ3n) is 3.74. The summed E-state index contributed by atoms with van der Waals surface area (Å²) in [5.74, 6) is 0.138. The number of aromatic nitrogens is 2. The zero-order chi connectivity index (χ0) is 17.4. The van der Waals surface area contributed by atoms with E-state index in [1.807, 2.05) is 6.07 Å². The lowest BCUT2D eigenvalue weighted by Gasteiger charge is -2.19. The van der Waals surface area contributed by atoms with Crippen LogP contribution >= 0.6 is 35.0 Å². The minimum atomic E-state index is -1.27. The normalized spacial score (nSPS) is 26.8. The van der Waals surface area contributed by atoms with Crippen molar-refractivity contribution < 1.29 is 20.1 Å². The Hall–Kier alpha value is -1.05. The molecule has 10 heteroatoms. The highest BCUT2D eigenvalue weighted by Crippen LogP contribution is 2.38. The molecule has 3 rings (SSSR count). The lowest BCUT2D eigenvalue weighted by molar-refractivity contribution is -0.0545. The van der Waals surface area contributed by atoms with Gasteiger partial charge in [0, 0.05) is 0 Å². The summed E-state index contributed by atoms with van der Waals surface area (Å²) in [5, 5.41) is 39.4. The minimum absolute atomic E-state index is 0.138. The molecule has 1 aliphatic rings. The fourth-order valence-electron chi connectivity index (χ4n) is 2.61. The average Bonchev–Trinajstić information content (AvgIpc) is 3.04. The number of benzene rings is 1. The van der Waals surface area contributed by atoms with E-state index < -0.39 is 31.1 Å². The van der Waals surface area contributed by atoms with Crippen LogP contribution in [0.5, 0.6) is 0 Å². The molecule has 3 N–H and O–H groups in total. The van der Waals surface area contributed by atoms with Gasteiger partial charge in [0.15, 0.2) is 11.4 Å². The van der Waals surface area contributed by atoms with Crippen LogP contribution in [-0.4, -0.2) is 55.5 Å². The van der Waals surface area contributed by atoms with E-state index in [4.69, 9.17) is 33.2 Å². The molecule has 128 valence electrons. The summed E-state index contributed by atoms with van der Waals surface area (Å²) in [6, 6.07) is 5.16. The van der Waals surface area contributed by atoms with Crippen LogP contribution in [-0.2, 0) is 4.74 Å². The predicted octanol–water partition coefficient (Wildman–Crippen LogP) is 1.57. The van der Waals surface area contributed by atoms with E-state index in [1.165, 1.54) is 0 Å². The van der Waals surface area contributed by atoms with Gasteiger partial charge in [0.25, 0.3) is 0 Å². The molecule has 0 aliphatic carbocycles. The Labute approximate surface area is 151 Å².